The second kappa shape index (κ2) is 14.8. The maximum Gasteiger partial charge on any atom is 0.294 e. The van der Waals surface area contributed by atoms with Gasteiger partial charge in [-0.3, -0.25) is 24.1 Å². The van der Waals surface area contributed by atoms with Crippen molar-refractivity contribution in [3.63, 3.8) is 0 Å². The largest absolute Gasteiger partial charge is 0.493 e. The van der Waals surface area contributed by atoms with Crippen molar-refractivity contribution in [1.29, 1.82) is 0 Å². The summed E-state index contributed by atoms with van der Waals surface area (Å²) in [7, 11) is 1.46. The van der Waals surface area contributed by atoms with Crippen LogP contribution in [0.5, 0.6) is 11.5 Å². The predicted octanol–water partition coefficient (Wildman–Crippen LogP) is 4.79. The van der Waals surface area contributed by atoms with E-state index in [1.54, 1.807) is 36.4 Å². The van der Waals surface area contributed by atoms with Crippen LogP contribution in [0.1, 0.15) is 18.1 Å². The van der Waals surface area contributed by atoms with Gasteiger partial charge in [-0.05, 0) is 83.9 Å². The van der Waals surface area contributed by atoms with Gasteiger partial charge >= 0.3 is 0 Å². The summed E-state index contributed by atoms with van der Waals surface area (Å²) in [5.74, 6) is -0.683. The molecule has 3 aromatic carbocycles. The zero-order chi connectivity index (χ0) is 31.8. The number of rotatable bonds is 11. The van der Waals surface area contributed by atoms with Crippen molar-refractivity contribution in [3.05, 3.63) is 82.8 Å². The average Bonchev–Trinajstić information content (AvgIpc) is 3.32. The average molecular weight is 631 g/mol. The highest BCUT2D eigenvalue weighted by molar-refractivity contribution is 8.18. The van der Waals surface area contributed by atoms with Gasteiger partial charge < -0.3 is 29.7 Å². The summed E-state index contributed by atoms with van der Waals surface area (Å²) < 4.78 is 16.5. The molecule has 0 spiro atoms. The first-order valence-electron chi connectivity index (χ1n) is 14.5. The van der Waals surface area contributed by atoms with Crippen LogP contribution in [0.2, 0.25) is 0 Å². The van der Waals surface area contributed by atoms with Gasteiger partial charge in [0.05, 0.1) is 25.2 Å². The molecular formula is C33H34N4O7S. The lowest BCUT2D eigenvalue weighted by molar-refractivity contribution is -0.127. The molecule has 12 heteroatoms. The van der Waals surface area contributed by atoms with Gasteiger partial charge in [-0.15, -0.1) is 0 Å². The number of nitrogens with zero attached hydrogens (tertiary/aromatic N) is 2. The molecule has 2 aliphatic rings. The fraction of sp³-hybridized carbons (Fsp3) is 0.273. The van der Waals surface area contributed by atoms with Gasteiger partial charge in [0.15, 0.2) is 18.1 Å². The molecule has 2 N–H and O–H groups in total. The SMILES string of the molecule is CCc1ccc(NC(=O)COc2ccc(/C=C3\SC(=O)N(CC(=O)Nc4ccc(N5CCOCC5)cc4)C3=O)cc2OC)cc1. The van der Waals surface area contributed by atoms with Gasteiger partial charge in [0.25, 0.3) is 17.1 Å². The fourth-order valence-corrected chi connectivity index (χ4v) is 5.60. The normalized spacial score (nSPS) is 15.7. The minimum absolute atomic E-state index is 0.173. The van der Waals surface area contributed by atoms with Gasteiger partial charge in [-0.2, -0.15) is 0 Å². The zero-order valence-electron chi connectivity index (χ0n) is 25.0. The maximum atomic E-state index is 13.0. The molecule has 2 fully saturated rings. The topological polar surface area (TPSA) is 127 Å². The van der Waals surface area contributed by atoms with E-state index >= 15 is 0 Å². The van der Waals surface area contributed by atoms with Crippen LogP contribution in [0.25, 0.3) is 6.08 Å². The van der Waals surface area contributed by atoms with E-state index in [4.69, 9.17) is 14.2 Å². The van der Waals surface area contributed by atoms with E-state index in [1.165, 1.54) is 12.7 Å². The highest BCUT2D eigenvalue weighted by Gasteiger charge is 2.36. The van der Waals surface area contributed by atoms with Crippen molar-refractivity contribution in [3.8, 4) is 11.5 Å². The number of anilines is 3. The lowest BCUT2D eigenvalue weighted by Gasteiger charge is -2.28. The first-order chi connectivity index (χ1) is 21.8. The molecule has 234 valence electrons. The van der Waals surface area contributed by atoms with Crippen LogP contribution in [0.3, 0.4) is 0 Å². The van der Waals surface area contributed by atoms with Gasteiger partial charge in [-0.25, -0.2) is 0 Å². The Morgan fingerprint density at radius 3 is 2.24 bits per heavy atom. The molecule has 0 aliphatic carbocycles. The van der Waals surface area contributed by atoms with Gasteiger partial charge in [0.1, 0.15) is 6.54 Å². The van der Waals surface area contributed by atoms with Crippen molar-refractivity contribution in [2.75, 3.05) is 62.1 Å². The second-order valence-electron chi connectivity index (χ2n) is 10.3. The van der Waals surface area contributed by atoms with Crippen LogP contribution in [0.4, 0.5) is 21.9 Å². The number of nitrogens with one attached hydrogen (secondary N) is 2. The summed E-state index contributed by atoms with van der Waals surface area (Å²) in [5, 5.41) is 5.00. The van der Waals surface area contributed by atoms with Crippen LogP contribution in [0.15, 0.2) is 71.6 Å². The molecule has 0 unspecified atom stereocenters. The van der Waals surface area contributed by atoms with E-state index in [2.05, 4.69) is 22.5 Å². The quantitative estimate of drug-likeness (QED) is 0.288. The molecule has 45 heavy (non-hydrogen) atoms. The molecule has 2 saturated heterocycles. The summed E-state index contributed by atoms with van der Waals surface area (Å²) in [5.41, 5.74) is 4.02. The molecule has 2 aliphatic heterocycles. The predicted molar refractivity (Wildman–Crippen MR) is 174 cm³/mol. The van der Waals surface area contributed by atoms with Crippen molar-refractivity contribution < 1.29 is 33.4 Å². The van der Waals surface area contributed by atoms with Crippen LogP contribution >= 0.6 is 11.8 Å². The molecule has 0 aromatic heterocycles. The highest BCUT2D eigenvalue weighted by atomic mass is 32.2. The first-order valence-corrected chi connectivity index (χ1v) is 15.3. The van der Waals surface area contributed by atoms with Crippen molar-refractivity contribution in [2.24, 2.45) is 0 Å². The lowest BCUT2D eigenvalue weighted by atomic mass is 10.1. The van der Waals surface area contributed by atoms with E-state index in [1.807, 2.05) is 36.4 Å². The van der Waals surface area contributed by atoms with E-state index in [9.17, 15) is 19.2 Å². The van der Waals surface area contributed by atoms with Crippen LogP contribution < -0.4 is 25.0 Å². The molecule has 0 bridgehead atoms. The lowest BCUT2D eigenvalue weighted by Crippen LogP contribution is -2.36. The Morgan fingerprint density at radius 2 is 1.58 bits per heavy atom. The number of hydrogen-bond acceptors (Lipinski definition) is 9. The summed E-state index contributed by atoms with van der Waals surface area (Å²) in [6.07, 6.45) is 2.46. The number of aryl methyl sites for hydroxylation is 1. The Balaban J connectivity index is 1.15. The number of methoxy groups -OCH3 is 1. The number of benzene rings is 3. The molecule has 2 heterocycles. The first kappa shape index (κ1) is 31.6. The number of carbonyl (C=O) groups is 4. The number of amides is 4. The van der Waals surface area contributed by atoms with E-state index in [-0.39, 0.29) is 17.4 Å². The zero-order valence-corrected chi connectivity index (χ0v) is 25.9. The number of imide groups is 1. The highest BCUT2D eigenvalue weighted by Crippen LogP contribution is 2.34. The Hall–Kier alpha value is -4.81. The fourth-order valence-electron chi connectivity index (χ4n) is 4.77. The monoisotopic (exact) mass is 630 g/mol. The second-order valence-corrected chi connectivity index (χ2v) is 11.3. The van der Waals surface area contributed by atoms with Crippen molar-refractivity contribution in [1.82, 2.24) is 4.90 Å². The van der Waals surface area contributed by atoms with Crippen molar-refractivity contribution >= 4 is 57.9 Å². The molecule has 11 nitrogen and oxygen atoms in total. The number of ether oxygens (including phenoxy) is 3. The van der Waals surface area contributed by atoms with E-state index in [0.717, 1.165) is 41.9 Å². The number of carbonyl (C=O) groups excluding carboxylic acids is 4. The molecule has 3 aromatic rings. The summed E-state index contributed by atoms with van der Waals surface area (Å²) in [6.45, 7) is 4.37. The van der Waals surface area contributed by atoms with E-state index in [0.29, 0.717) is 41.7 Å². The van der Waals surface area contributed by atoms with E-state index < -0.39 is 23.6 Å². The molecule has 4 amide bonds. The van der Waals surface area contributed by atoms with Gasteiger partial charge in [0.2, 0.25) is 5.91 Å². The third kappa shape index (κ3) is 8.22. The minimum Gasteiger partial charge on any atom is -0.493 e. The number of thioether (sulfide) groups is 1. The molecule has 5 rings (SSSR count). The van der Waals surface area contributed by atoms with Crippen LogP contribution in [-0.4, -0.2) is 74.4 Å². The molecule has 0 radical (unpaired) electrons. The number of hydrogen-bond donors (Lipinski definition) is 2. The Morgan fingerprint density at radius 1 is 0.911 bits per heavy atom. The van der Waals surface area contributed by atoms with Crippen LogP contribution in [0, 0.1) is 0 Å². The molecule has 0 atom stereocenters. The minimum atomic E-state index is -0.564. The smallest absolute Gasteiger partial charge is 0.294 e. The van der Waals surface area contributed by atoms with Gasteiger partial charge in [-0.1, -0.05) is 25.1 Å². The summed E-state index contributed by atoms with van der Waals surface area (Å²) >= 11 is 0.755. The third-order valence-electron chi connectivity index (χ3n) is 7.19. The Kier molecular flexibility index (Phi) is 10.4. The number of morpholine rings is 1. The van der Waals surface area contributed by atoms with Crippen LogP contribution in [-0.2, 0) is 25.5 Å². The summed E-state index contributed by atoms with van der Waals surface area (Å²) in [4.78, 5) is 54.0. The Labute approximate surface area is 265 Å². The molecular weight excluding hydrogens is 596 g/mol. The molecule has 0 saturated carbocycles. The van der Waals surface area contributed by atoms with Gasteiger partial charge in [0, 0.05) is 30.2 Å². The van der Waals surface area contributed by atoms with Crippen molar-refractivity contribution in [2.45, 2.75) is 13.3 Å². The maximum absolute atomic E-state index is 13.0. The third-order valence-corrected chi connectivity index (χ3v) is 8.10. The summed E-state index contributed by atoms with van der Waals surface area (Å²) in [6, 6.07) is 19.9. The standard InChI is InChI=1S/C33H34N4O7S/c1-3-22-4-7-24(8-5-22)35-31(39)21-44-27-13-6-23(18-28(27)42-2)19-29-32(40)37(33(41)45-29)20-30(38)34-25-9-11-26(12-10-25)36-14-16-43-17-15-36/h4-13,18-19H,3,14-17,20-21H2,1-2H3,(H,34,38)(H,35,39)/b29-19-. The Bertz CT molecular complexity index is 1590.